The van der Waals surface area contributed by atoms with Gasteiger partial charge in [-0.1, -0.05) is 29.8 Å². The number of aromatic nitrogens is 1. The molecule has 2 fully saturated rings. The van der Waals surface area contributed by atoms with Crippen LogP contribution in [0.5, 0.6) is 0 Å². The maximum atomic E-state index is 12.9. The van der Waals surface area contributed by atoms with Crippen molar-refractivity contribution in [2.24, 2.45) is 5.92 Å². The maximum Gasteiger partial charge on any atom is 0.256 e. The number of anilines is 1. The number of hydrogen-bond donors (Lipinski definition) is 1. The molecule has 3 aromatic rings. The van der Waals surface area contributed by atoms with Crippen molar-refractivity contribution in [2.75, 3.05) is 44.2 Å². The smallest absolute Gasteiger partial charge is 0.256 e. The molecule has 2 aliphatic rings. The second kappa shape index (κ2) is 7.69. The maximum absolute atomic E-state index is 12.9. The zero-order chi connectivity index (χ0) is 20.7. The van der Waals surface area contributed by atoms with Gasteiger partial charge in [0.25, 0.3) is 5.91 Å². The average molecular weight is 423 g/mol. The Hall–Kier alpha value is -2.99. The fourth-order valence-electron chi connectivity index (χ4n) is 4.31. The number of fused-ring (bicyclic) bond motifs is 1. The predicted molar refractivity (Wildman–Crippen MR) is 118 cm³/mol. The molecular weight excluding hydrogens is 400 g/mol. The number of halogens is 1. The van der Waals surface area contributed by atoms with E-state index in [0.717, 1.165) is 34.7 Å². The standard InChI is InChI=1S/C23H23ClN4O2/c24-17-5-7-18(8-6-17)26-9-11-27(12-10-26)22(29)16-14-28(15-16)23(30)20-13-25-21-4-2-1-3-19(20)21/h1-8,13,16,25H,9-12,14-15H2. The number of para-hydroxylation sites is 1. The van der Waals surface area contributed by atoms with Crippen LogP contribution in [0.1, 0.15) is 10.4 Å². The Morgan fingerprint density at radius 3 is 2.33 bits per heavy atom. The summed E-state index contributed by atoms with van der Waals surface area (Å²) in [5.41, 5.74) is 2.76. The van der Waals surface area contributed by atoms with E-state index in [1.165, 1.54) is 0 Å². The van der Waals surface area contributed by atoms with E-state index in [4.69, 9.17) is 11.6 Å². The molecule has 1 N–H and O–H groups in total. The largest absolute Gasteiger partial charge is 0.368 e. The molecule has 0 aliphatic carbocycles. The highest BCUT2D eigenvalue weighted by atomic mass is 35.5. The Bertz CT molecular complexity index is 1080. The lowest BCUT2D eigenvalue weighted by Gasteiger charge is -2.43. The first-order valence-corrected chi connectivity index (χ1v) is 10.6. The molecule has 0 saturated carbocycles. The van der Waals surface area contributed by atoms with Gasteiger partial charge in [0, 0.05) is 67.1 Å². The fraction of sp³-hybridized carbons (Fsp3) is 0.304. The van der Waals surface area contributed by atoms with Crippen molar-refractivity contribution < 1.29 is 9.59 Å². The van der Waals surface area contributed by atoms with E-state index in [2.05, 4.69) is 9.88 Å². The van der Waals surface area contributed by atoms with Crippen LogP contribution >= 0.6 is 11.6 Å². The molecular formula is C23H23ClN4O2. The highest BCUT2D eigenvalue weighted by Gasteiger charge is 2.39. The van der Waals surface area contributed by atoms with E-state index in [1.54, 1.807) is 11.1 Å². The van der Waals surface area contributed by atoms with Gasteiger partial charge < -0.3 is 19.7 Å². The van der Waals surface area contributed by atoms with Crippen LogP contribution in [0.2, 0.25) is 5.02 Å². The number of H-pyrrole nitrogens is 1. The summed E-state index contributed by atoms with van der Waals surface area (Å²) in [6.45, 7) is 4.00. The normalized spacial score (nSPS) is 17.3. The lowest BCUT2D eigenvalue weighted by Crippen LogP contribution is -2.59. The summed E-state index contributed by atoms with van der Waals surface area (Å²) in [6, 6.07) is 15.6. The highest BCUT2D eigenvalue weighted by molar-refractivity contribution is 6.30. The first-order valence-electron chi connectivity index (χ1n) is 10.2. The van der Waals surface area contributed by atoms with E-state index in [9.17, 15) is 9.59 Å². The molecule has 2 amide bonds. The van der Waals surface area contributed by atoms with Gasteiger partial charge in [-0.25, -0.2) is 0 Å². The van der Waals surface area contributed by atoms with Gasteiger partial charge in [-0.3, -0.25) is 9.59 Å². The quantitative estimate of drug-likeness (QED) is 0.704. The molecule has 7 heteroatoms. The number of likely N-dealkylation sites (tertiary alicyclic amines) is 1. The summed E-state index contributed by atoms with van der Waals surface area (Å²) >= 11 is 5.97. The zero-order valence-corrected chi connectivity index (χ0v) is 17.3. The number of aromatic amines is 1. The van der Waals surface area contributed by atoms with Gasteiger partial charge in [-0.05, 0) is 30.3 Å². The first kappa shape index (κ1) is 19.0. The summed E-state index contributed by atoms with van der Waals surface area (Å²) in [5.74, 6) is 0.0547. The lowest BCUT2D eigenvalue weighted by atomic mass is 9.96. The number of carbonyl (C=O) groups is 2. The van der Waals surface area contributed by atoms with Crippen molar-refractivity contribution in [3.05, 3.63) is 65.3 Å². The van der Waals surface area contributed by atoms with Crippen molar-refractivity contribution in [1.29, 1.82) is 0 Å². The molecule has 0 bridgehead atoms. The highest BCUT2D eigenvalue weighted by Crippen LogP contribution is 2.26. The molecule has 6 nitrogen and oxygen atoms in total. The Labute approximate surface area is 180 Å². The van der Waals surface area contributed by atoms with Crippen LogP contribution in [0.3, 0.4) is 0 Å². The minimum Gasteiger partial charge on any atom is -0.368 e. The van der Waals surface area contributed by atoms with E-state index in [0.29, 0.717) is 31.7 Å². The third kappa shape index (κ3) is 3.41. The number of rotatable bonds is 3. The number of piperazine rings is 1. The van der Waals surface area contributed by atoms with Crippen molar-refractivity contribution >= 4 is 40.0 Å². The topological polar surface area (TPSA) is 59.7 Å². The Morgan fingerprint density at radius 2 is 1.60 bits per heavy atom. The molecule has 3 heterocycles. The van der Waals surface area contributed by atoms with Gasteiger partial charge in [0.15, 0.2) is 0 Å². The molecule has 30 heavy (non-hydrogen) atoms. The molecule has 5 rings (SSSR count). The number of benzene rings is 2. The lowest BCUT2D eigenvalue weighted by molar-refractivity contribution is -0.140. The van der Waals surface area contributed by atoms with E-state index < -0.39 is 0 Å². The van der Waals surface area contributed by atoms with Gasteiger partial charge >= 0.3 is 0 Å². The minimum absolute atomic E-state index is 0.0101. The Morgan fingerprint density at radius 1 is 0.900 bits per heavy atom. The van der Waals surface area contributed by atoms with Crippen LogP contribution in [-0.2, 0) is 4.79 Å². The molecule has 0 spiro atoms. The second-order valence-corrected chi connectivity index (χ2v) is 8.38. The van der Waals surface area contributed by atoms with Crippen LogP contribution in [0.25, 0.3) is 10.9 Å². The monoisotopic (exact) mass is 422 g/mol. The van der Waals surface area contributed by atoms with Crippen LogP contribution in [0.4, 0.5) is 5.69 Å². The van der Waals surface area contributed by atoms with E-state index in [-0.39, 0.29) is 17.7 Å². The summed E-state index contributed by atoms with van der Waals surface area (Å²) in [7, 11) is 0. The SMILES string of the molecule is O=C(c1c[nH]c2ccccc12)N1CC(C(=O)N2CCN(c3ccc(Cl)cc3)CC2)C1. The summed E-state index contributed by atoms with van der Waals surface area (Å²) < 4.78 is 0. The van der Waals surface area contributed by atoms with Crippen LogP contribution in [0.15, 0.2) is 54.7 Å². The number of nitrogens with zero attached hydrogens (tertiary/aromatic N) is 3. The molecule has 154 valence electrons. The van der Waals surface area contributed by atoms with Crippen LogP contribution in [-0.4, -0.2) is 65.9 Å². The third-order valence-corrected chi connectivity index (χ3v) is 6.37. The van der Waals surface area contributed by atoms with Crippen molar-refractivity contribution in [1.82, 2.24) is 14.8 Å². The fourth-order valence-corrected chi connectivity index (χ4v) is 4.44. The molecule has 0 atom stereocenters. The van der Waals surface area contributed by atoms with Gasteiger partial charge in [-0.2, -0.15) is 0 Å². The molecule has 2 aromatic carbocycles. The molecule has 2 saturated heterocycles. The van der Waals surface area contributed by atoms with Crippen molar-refractivity contribution in [3.8, 4) is 0 Å². The Kier molecular flexibility index (Phi) is 4.87. The Balaban J connectivity index is 1.15. The van der Waals surface area contributed by atoms with Gasteiger partial charge in [-0.15, -0.1) is 0 Å². The minimum atomic E-state index is -0.0961. The summed E-state index contributed by atoms with van der Waals surface area (Å²) in [4.78, 5) is 34.8. The zero-order valence-electron chi connectivity index (χ0n) is 16.6. The van der Waals surface area contributed by atoms with Gasteiger partial charge in [0.2, 0.25) is 5.91 Å². The first-order chi connectivity index (χ1) is 14.6. The second-order valence-electron chi connectivity index (χ2n) is 7.94. The van der Waals surface area contributed by atoms with E-state index >= 15 is 0 Å². The molecule has 0 unspecified atom stereocenters. The number of amides is 2. The van der Waals surface area contributed by atoms with Gasteiger partial charge in [0.05, 0.1) is 11.5 Å². The average Bonchev–Trinajstić information content (AvgIpc) is 3.17. The third-order valence-electron chi connectivity index (χ3n) is 6.12. The predicted octanol–water partition coefficient (Wildman–Crippen LogP) is 3.24. The molecule has 0 radical (unpaired) electrons. The summed E-state index contributed by atoms with van der Waals surface area (Å²) in [5, 5.41) is 1.65. The van der Waals surface area contributed by atoms with Gasteiger partial charge in [0.1, 0.15) is 0 Å². The van der Waals surface area contributed by atoms with Crippen LogP contribution < -0.4 is 4.90 Å². The van der Waals surface area contributed by atoms with Crippen molar-refractivity contribution in [3.63, 3.8) is 0 Å². The number of carbonyl (C=O) groups excluding carboxylic acids is 2. The number of nitrogens with one attached hydrogen (secondary N) is 1. The molecule has 1 aromatic heterocycles. The van der Waals surface area contributed by atoms with Crippen molar-refractivity contribution in [2.45, 2.75) is 0 Å². The number of hydrogen-bond acceptors (Lipinski definition) is 3. The van der Waals surface area contributed by atoms with E-state index in [1.807, 2.05) is 53.4 Å². The van der Waals surface area contributed by atoms with Crippen LogP contribution in [0, 0.1) is 5.92 Å². The summed E-state index contributed by atoms with van der Waals surface area (Å²) in [6.07, 6.45) is 1.76. The molecule has 2 aliphatic heterocycles.